The molecule has 0 saturated heterocycles. The van der Waals surface area contributed by atoms with Gasteiger partial charge in [0.25, 0.3) is 5.91 Å². The summed E-state index contributed by atoms with van der Waals surface area (Å²) in [5.74, 6) is -2.08. The van der Waals surface area contributed by atoms with Crippen LogP contribution >= 0.6 is 0 Å². The molecule has 138 valence electrons. The topological polar surface area (TPSA) is 113 Å². The van der Waals surface area contributed by atoms with E-state index in [4.69, 9.17) is 4.52 Å². The van der Waals surface area contributed by atoms with Crippen LogP contribution in [0.1, 0.15) is 30.0 Å². The van der Waals surface area contributed by atoms with Gasteiger partial charge in [-0.05, 0) is 13.8 Å². The van der Waals surface area contributed by atoms with Crippen LogP contribution in [-0.2, 0) is 9.59 Å². The maximum atomic E-state index is 12.7. The van der Waals surface area contributed by atoms with Gasteiger partial charge in [0, 0.05) is 31.6 Å². The van der Waals surface area contributed by atoms with Crippen molar-refractivity contribution in [2.75, 3.05) is 13.1 Å². The number of aliphatic carboxylic acids is 1. The summed E-state index contributed by atoms with van der Waals surface area (Å²) < 4.78 is 5.13. The number of amides is 2. The normalized spacial score (nSPS) is 11.7. The van der Waals surface area contributed by atoms with E-state index < -0.39 is 17.9 Å². The molecule has 0 aliphatic heterocycles. The Kier molecular flexibility index (Phi) is 6.11. The van der Waals surface area contributed by atoms with Crippen LogP contribution in [-0.4, -0.2) is 52.1 Å². The lowest BCUT2D eigenvalue weighted by atomic mass is 10.1. The Balaban J connectivity index is 2.20. The molecule has 0 aliphatic carbocycles. The molecule has 0 aliphatic rings. The number of rotatable bonds is 7. The van der Waals surface area contributed by atoms with E-state index in [9.17, 15) is 19.5 Å². The average molecular weight is 359 g/mol. The lowest BCUT2D eigenvalue weighted by Crippen LogP contribution is -2.46. The number of carbonyl (C=O) groups excluding carboxylic acids is 2. The summed E-state index contributed by atoms with van der Waals surface area (Å²) in [4.78, 5) is 36.1. The number of aryl methyl sites for hydroxylation is 1. The molecule has 1 aromatic heterocycles. The van der Waals surface area contributed by atoms with Gasteiger partial charge in [-0.15, -0.1) is 0 Å². The van der Waals surface area contributed by atoms with Gasteiger partial charge in [-0.3, -0.25) is 9.59 Å². The van der Waals surface area contributed by atoms with E-state index in [1.54, 1.807) is 0 Å². The van der Waals surface area contributed by atoms with Crippen LogP contribution in [0, 0.1) is 6.92 Å². The summed E-state index contributed by atoms with van der Waals surface area (Å²) in [6, 6.07) is 7.94. The Bertz CT molecular complexity index is 797. The third-order valence-corrected chi connectivity index (χ3v) is 3.88. The summed E-state index contributed by atoms with van der Waals surface area (Å²) in [6.45, 7) is 4.87. The second-order valence-corrected chi connectivity index (χ2v) is 5.94. The van der Waals surface area contributed by atoms with Crippen molar-refractivity contribution in [3.63, 3.8) is 0 Å². The highest BCUT2D eigenvalue weighted by Crippen LogP contribution is 2.21. The van der Waals surface area contributed by atoms with E-state index in [2.05, 4.69) is 10.5 Å². The Morgan fingerprint density at radius 3 is 2.50 bits per heavy atom. The Morgan fingerprint density at radius 2 is 1.92 bits per heavy atom. The first kappa shape index (κ1) is 19.2. The fraction of sp³-hybridized carbons (Fsp3) is 0.333. The SMILES string of the molecule is CC(=O)NCCN(C(=O)c1cc(-c2ccc(C)cc2)no1)C(C)C(=O)O. The molecular formula is C18H21N3O5. The van der Waals surface area contributed by atoms with Crippen molar-refractivity contribution in [1.29, 1.82) is 0 Å². The standard InChI is InChI=1S/C18H21N3O5/c1-11-4-6-14(7-5-11)15-10-16(26-20-15)17(23)21(12(2)18(24)25)9-8-19-13(3)22/h4-7,10,12H,8-9H2,1-3H3,(H,19,22)(H,24,25). The molecule has 1 atom stereocenters. The second kappa shape index (κ2) is 8.28. The number of carboxylic acid groups (broad SMARTS) is 1. The average Bonchev–Trinajstić information content (AvgIpc) is 3.08. The Labute approximate surface area is 150 Å². The van der Waals surface area contributed by atoms with E-state index in [0.29, 0.717) is 5.69 Å². The van der Waals surface area contributed by atoms with Crippen LogP contribution in [0.4, 0.5) is 0 Å². The fourth-order valence-corrected chi connectivity index (χ4v) is 2.33. The minimum Gasteiger partial charge on any atom is -0.480 e. The number of carbonyl (C=O) groups is 3. The molecule has 0 bridgehead atoms. The van der Waals surface area contributed by atoms with E-state index in [-0.39, 0.29) is 24.8 Å². The number of benzene rings is 1. The van der Waals surface area contributed by atoms with Crippen molar-refractivity contribution in [3.05, 3.63) is 41.7 Å². The van der Waals surface area contributed by atoms with Crippen LogP contribution in [0.15, 0.2) is 34.9 Å². The zero-order valence-electron chi connectivity index (χ0n) is 14.9. The molecular weight excluding hydrogens is 338 g/mol. The van der Waals surface area contributed by atoms with Crippen LogP contribution in [0.3, 0.4) is 0 Å². The molecule has 26 heavy (non-hydrogen) atoms. The highest BCUT2D eigenvalue weighted by atomic mass is 16.5. The van der Waals surface area contributed by atoms with E-state index in [1.165, 1.54) is 19.9 Å². The van der Waals surface area contributed by atoms with Gasteiger partial charge in [0.1, 0.15) is 11.7 Å². The van der Waals surface area contributed by atoms with E-state index >= 15 is 0 Å². The molecule has 2 N–H and O–H groups in total. The highest BCUT2D eigenvalue weighted by molar-refractivity contribution is 5.95. The first-order valence-electron chi connectivity index (χ1n) is 8.11. The molecule has 8 heteroatoms. The zero-order valence-corrected chi connectivity index (χ0v) is 14.9. The van der Waals surface area contributed by atoms with Crippen molar-refractivity contribution < 1.29 is 24.0 Å². The van der Waals surface area contributed by atoms with Crippen molar-refractivity contribution >= 4 is 17.8 Å². The summed E-state index contributed by atoms with van der Waals surface area (Å²) in [6.07, 6.45) is 0. The van der Waals surface area contributed by atoms with Crippen molar-refractivity contribution in [1.82, 2.24) is 15.4 Å². The molecule has 2 amide bonds. The lowest BCUT2D eigenvalue weighted by molar-refractivity contribution is -0.141. The maximum Gasteiger partial charge on any atom is 0.326 e. The smallest absolute Gasteiger partial charge is 0.326 e. The van der Waals surface area contributed by atoms with Gasteiger partial charge < -0.3 is 19.8 Å². The Hall–Kier alpha value is -3.16. The lowest BCUT2D eigenvalue weighted by Gasteiger charge is -2.25. The predicted molar refractivity (Wildman–Crippen MR) is 93.5 cm³/mol. The summed E-state index contributed by atoms with van der Waals surface area (Å²) in [7, 11) is 0. The molecule has 8 nitrogen and oxygen atoms in total. The highest BCUT2D eigenvalue weighted by Gasteiger charge is 2.29. The minimum atomic E-state index is -1.15. The van der Waals surface area contributed by atoms with Crippen LogP contribution < -0.4 is 5.32 Å². The molecule has 1 aromatic carbocycles. The fourth-order valence-electron chi connectivity index (χ4n) is 2.33. The van der Waals surface area contributed by atoms with Gasteiger partial charge in [0.15, 0.2) is 0 Å². The van der Waals surface area contributed by atoms with Crippen molar-refractivity contribution in [2.24, 2.45) is 0 Å². The number of nitrogens with zero attached hydrogens (tertiary/aromatic N) is 2. The molecule has 0 fully saturated rings. The number of carboxylic acids is 1. The monoisotopic (exact) mass is 359 g/mol. The number of hydrogen-bond acceptors (Lipinski definition) is 5. The molecule has 2 aromatic rings. The summed E-state index contributed by atoms with van der Waals surface area (Å²) in [5, 5.41) is 15.7. The van der Waals surface area contributed by atoms with Crippen molar-refractivity contribution in [2.45, 2.75) is 26.8 Å². The number of hydrogen-bond donors (Lipinski definition) is 2. The van der Waals surface area contributed by atoms with Gasteiger partial charge >= 0.3 is 5.97 Å². The second-order valence-electron chi connectivity index (χ2n) is 5.94. The van der Waals surface area contributed by atoms with Crippen LogP contribution in [0.25, 0.3) is 11.3 Å². The minimum absolute atomic E-state index is 0.0342. The molecule has 1 heterocycles. The van der Waals surface area contributed by atoms with Crippen molar-refractivity contribution in [3.8, 4) is 11.3 Å². The zero-order chi connectivity index (χ0) is 19.3. The Morgan fingerprint density at radius 1 is 1.27 bits per heavy atom. The quantitative estimate of drug-likeness (QED) is 0.778. The van der Waals surface area contributed by atoms with Gasteiger partial charge in [0.05, 0.1) is 0 Å². The first-order valence-corrected chi connectivity index (χ1v) is 8.11. The van der Waals surface area contributed by atoms with Gasteiger partial charge in [-0.25, -0.2) is 4.79 Å². The number of aromatic nitrogens is 1. The third-order valence-electron chi connectivity index (χ3n) is 3.88. The molecule has 0 saturated carbocycles. The van der Waals surface area contributed by atoms with E-state index in [0.717, 1.165) is 16.0 Å². The molecule has 2 rings (SSSR count). The maximum absolute atomic E-state index is 12.7. The third kappa shape index (κ3) is 4.69. The van der Waals surface area contributed by atoms with Gasteiger partial charge in [-0.1, -0.05) is 35.0 Å². The first-order chi connectivity index (χ1) is 12.3. The largest absolute Gasteiger partial charge is 0.480 e. The molecule has 0 radical (unpaired) electrons. The van der Waals surface area contributed by atoms with Crippen LogP contribution in [0.5, 0.6) is 0 Å². The van der Waals surface area contributed by atoms with Gasteiger partial charge in [0.2, 0.25) is 11.7 Å². The molecule has 1 unspecified atom stereocenters. The van der Waals surface area contributed by atoms with E-state index in [1.807, 2.05) is 31.2 Å². The van der Waals surface area contributed by atoms with Crippen LogP contribution in [0.2, 0.25) is 0 Å². The molecule has 0 spiro atoms. The summed E-state index contributed by atoms with van der Waals surface area (Å²) in [5.41, 5.74) is 2.36. The summed E-state index contributed by atoms with van der Waals surface area (Å²) >= 11 is 0. The predicted octanol–water partition coefficient (Wildman–Crippen LogP) is 1.70. The number of nitrogens with one attached hydrogen (secondary N) is 1. The van der Waals surface area contributed by atoms with Gasteiger partial charge in [-0.2, -0.15) is 0 Å².